The lowest BCUT2D eigenvalue weighted by Gasteiger charge is -2.03. The summed E-state index contributed by atoms with van der Waals surface area (Å²) in [5.74, 6) is -0.229. The van der Waals surface area contributed by atoms with Crippen molar-refractivity contribution in [2.24, 2.45) is 5.73 Å². The number of hydrogen-bond acceptors (Lipinski definition) is 4. The average Bonchev–Trinajstić information content (AvgIpc) is 2.09. The minimum atomic E-state index is -0.229. The first kappa shape index (κ1) is 11.0. The van der Waals surface area contributed by atoms with E-state index in [0.717, 1.165) is 0 Å². The lowest BCUT2D eigenvalue weighted by Crippen LogP contribution is -2.11. The summed E-state index contributed by atoms with van der Waals surface area (Å²) in [6.07, 6.45) is 2.36. The quantitative estimate of drug-likeness (QED) is 0.344. The van der Waals surface area contributed by atoms with Crippen molar-refractivity contribution in [2.45, 2.75) is 12.8 Å². The zero-order valence-electron chi connectivity index (χ0n) is 7.12. The number of ether oxygens (including phenoxy) is 2. The molecule has 0 unspecified atom stereocenters. The first-order valence-electron chi connectivity index (χ1n) is 3.89. The van der Waals surface area contributed by atoms with Gasteiger partial charge in [-0.2, -0.15) is 0 Å². The fourth-order valence-corrected chi connectivity index (χ4v) is 0.606. The number of esters is 1. The molecular weight excluding hydrogens is 158 g/mol. The molecule has 0 rings (SSSR count). The first-order valence-corrected chi connectivity index (χ1v) is 3.89. The van der Waals surface area contributed by atoms with Gasteiger partial charge in [0.25, 0.3) is 0 Å². The van der Waals surface area contributed by atoms with E-state index >= 15 is 0 Å². The Bertz CT molecular complexity index is 136. The smallest absolute Gasteiger partial charge is 0.305 e. The average molecular weight is 173 g/mol. The molecule has 2 N–H and O–H groups in total. The van der Waals surface area contributed by atoms with E-state index in [0.29, 0.717) is 26.0 Å². The molecule has 0 atom stereocenters. The van der Waals surface area contributed by atoms with E-state index in [9.17, 15) is 4.79 Å². The number of hydrogen-bond donors (Lipinski definition) is 1. The predicted octanol–water partition coefficient (Wildman–Crippen LogP) is 0.429. The first-order chi connectivity index (χ1) is 5.81. The van der Waals surface area contributed by atoms with E-state index in [4.69, 9.17) is 15.2 Å². The van der Waals surface area contributed by atoms with Crippen LogP contribution in [0, 0.1) is 0 Å². The highest BCUT2D eigenvalue weighted by Gasteiger charge is 2.00. The van der Waals surface area contributed by atoms with Crippen LogP contribution in [0.25, 0.3) is 0 Å². The highest BCUT2D eigenvalue weighted by Crippen LogP contribution is 1.90. The van der Waals surface area contributed by atoms with Gasteiger partial charge in [0.15, 0.2) is 0 Å². The Kier molecular flexibility index (Phi) is 7.38. The standard InChI is InChI=1S/C8H15NO3/c1-2-11-6-7-12-8(10)4-3-5-9/h2H,1,3-7,9H2. The van der Waals surface area contributed by atoms with Crippen molar-refractivity contribution in [2.75, 3.05) is 19.8 Å². The second kappa shape index (κ2) is 8.07. The SMILES string of the molecule is C=COCCOC(=O)CCCN. The van der Waals surface area contributed by atoms with E-state index < -0.39 is 0 Å². The van der Waals surface area contributed by atoms with Crippen molar-refractivity contribution in [3.8, 4) is 0 Å². The molecule has 0 aromatic carbocycles. The Morgan fingerprint density at radius 3 is 2.83 bits per heavy atom. The molecule has 12 heavy (non-hydrogen) atoms. The highest BCUT2D eigenvalue weighted by molar-refractivity contribution is 5.69. The van der Waals surface area contributed by atoms with E-state index in [1.165, 1.54) is 6.26 Å². The van der Waals surface area contributed by atoms with Gasteiger partial charge in [-0.1, -0.05) is 6.58 Å². The van der Waals surface area contributed by atoms with Crippen molar-refractivity contribution in [1.82, 2.24) is 0 Å². The number of nitrogens with two attached hydrogens (primary N) is 1. The Morgan fingerprint density at radius 1 is 1.50 bits per heavy atom. The predicted molar refractivity (Wildman–Crippen MR) is 45.4 cm³/mol. The van der Waals surface area contributed by atoms with Gasteiger partial charge in [-0.05, 0) is 13.0 Å². The molecular formula is C8H15NO3. The van der Waals surface area contributed by atoms with Crippen LogP contribution in [0.4, 0.5) is 0 Å². The van der Waals surface area contributed by atoms with Gasteiger partial charge in [-0.15, -0.1) is 0 Å². The largest absolute Gasteiger partial charge is 0.498 e. The molecule has 0 saturated heterocycles. The fourth-order valence-electron chi connectivity index (χ4n) is 0.606. The molecule has 70 valence electrons. The lowest BCUT2D eigenvalue weighted by molar-refractivity contribution is -0.144. The van der Waals surface area contributed by atoms with Crippen LogP contribution in [0.3, 0.4) is 0 Å². The van der Waals surface area contributed by atoms with E-state index in [-0.39, 0.29) is 12.6 Å². The highest BCUT2D eigenvalue weighted by atomic mass is 16.6. The van der Waals surface area contributed by atoms with Crippen LogP contribution in [0.5, 0.6) is 0 Å². The van der Waals surface area contributed by atoms with Crippen LogP contribution in [-0.4, -0.2) is 25.7 Å². The number of rotatable bonds is 7. The fraction of sp³-hybridized carbons (Fsp3) is 0.625. The summed E-state index contributed by atoms with van der Waals surface area (Å²) in [7, 11) is 0. The van der Waals surface area contributed by atoms with Crippen molar-refractivity contribution >= 4 is 5.97 Å². The van der Waals surface area contributed by atoms with Gasteiger partial charge >= 0.3 is 5.97 Å². The molecule has 0 aromatic heterocycles. The molecule has 4 nitrogen and oxygen atoms in total. The minimum Gasteiger partial charge on any atom is -0.498 e. The normalized spacial score (nSPS) is 9.08. The minimum absolute atomic E-state index is 0.229. The van der Waals surface area contributed by atoms with Crippen LogP contribution in [0.2, 0.25) is 0 Å². The molecule has 0 aliphatic rings. The second-order valence-corrected chi connectivity index (χ2v) is 2.15. The van der Waals surface area contributed by atoms with Crippen LogP contribution in [0.1, 0.15) is 12.8 Å². The summed E-state index contributed by atoms with van der Waals surface area (Å²) >= 11 is 0. The molecule has 0 saturated carbocycles. The van der Waals surface area contributed by atoms with Crippen molar-refractivity contribution in [1.29, 1.82) is 0 Å². The van der Waals surface area contributed by atoms with Crippen LogP contribution in [-0.2, 0) is 14.3 Å². The Balaban J connectivity index is 3.13. The van der Waals surface area contributed by atoms with Gasteiger partial charge in [0.2, 0.25) is 0 Å². The van der Waals surface area contributed by atoms with Crippen LogP contribution >= 0.6 is 0 Å². The summed E-state index contributed by atoms with van der Waals surface area (Å²) in [6, 6.07) is 0. The molecule has 0 radical (unpaired) electrons. The van der Waals surface area contributed by atoms with Gasteiger partial charge in [-0.3, -0.25) is 4.79 Å². The third-order valence-electron chi connectivity index (χ3n) is 1.17. The van der Waals surface area contributed by atoms with Crippen LogP contribution in [0.15, 0.2) is 12.8 Å². The molecule has 0 heterocycles. The zero-order valence-corrected chi connectivity index (χ0v) is 7.12. The topological polar surface area (TPSA) is 61.5 Å². The molecule has 4 heteroatoms. The van der Waals surface area contributed by atoms with E-state index in [1.54, 1.807) is 0 Å². The van der Waals surface area contributed by atoms with Gasteiger partial charge in [0.1, 0.15) is 13.2 Å². The van der Waals surface area contributed by atoms with Crippen LogP contribution < -0.4 is 5.73 Å². The third-order valence-corrected chi connectivity index (χ3v) is 1.17. The molecule has 0 aliphatic carbocycles. The summed E-state index contributed by atoms with van der Waals surface area (Å²) in [5, 5.41) is 0. The third kappa shape index (κ3) is 7.08. The zero-order chi connectivity index (χ0) is 9.23. The van der Waals surface area contributed by atoms with E-state index in [1.807, 2.05) is 0 Å². The second-order valence-electron chi connectivity index (χ2n) is 2.15. The summed E-state index contributed by atoms with van der Waals surface area (Å²) in [6.45, 7) is 4.49. The monoisotopic (exact) mass is 173 g/mol. The van der Waals surface area contributed by atoms with Crippen molar-refractivity contribution < 1.29 is 14.3 Å². The van der Waals surface area contributed by atoms with Gasteiger partial charge in [-0.25, -0.2) is 0 Å². The Hall–Kier alpha value is -1.03. The maximum Gasteiger partial charge on any atom is 0.305 e. The van der Waals surface area contributed by atoms with Crippen molar-refractivity contribution in [3.63, 3.8) is 0 Å². The molecule has 0 amide bonds. The van der Waals surface area contributed by atoms with Gasteiger partial charge < -0.3 is 15.2 Å². The summed E-state index contributed by atoms with van der Waals surface area (Å²) < 4.78 is 9.53. The number of carbonyl (C=O) groups excluding carboxylic acids is 1. The Morgan fingerprint density at radius 2 is 2.25 bits per heavy atom. The molecule has 0 aliphatic heterocycles. The number of carbonyl (C=O) groups is 1. The molecule has 0 fully saturated rings. The summed E-state index contributed by atoms with van der Waals surface area (Å²) in [4.78, 5) is 10.8. The Labute approximate surface area is 72.3 Å². The van der Waals surface area contributed by atoms with E-state index in [2.05, 4.69) is 6.58 Å². The maximum absolute atomic E-state index is 10.8. The molecule has 0 bridgehead atoms. The molecule has 0 spiro atoms. The summed E-state index contributed by atoms with van der Waals surface area (Å²) in [5.41, 5.74) is 5.21. The van der Waals surface area contributed by atoms with Crippen molar-refractivity contribution in [3.05, 3.63) is 12.8 Å². The van der Waals surface area contributed by atoms with Gasteiger partial charge in [0.05, 0.1) is 6.26 Å². The molecule has 0 aromatic rings. The maximum atomic E-state index is 10.8. The van der Waals surface area contributed by atoms with Gasteiger partial charge in [0, 0.05) is 6.42 Å². The lowest BCUT2D eigenvalue weighted by atomic mass is 10.3.